The second kappa shape index (κ2) is 6.36. The number of piperazine rings is 1. The highest BCUT2D eigenvalue weighted by molar-refractivity contribution is 4.92. The van der Waals surface area contributed by atoms with Gasteiger partial charge in [-0.15, -0.1) is 0 Å². The number of hydrogen-bond acceptors (Lipinski definition) is 3. The molecule has 0 saturated carbocycles. The van der Waals surface area contributed by atoms with Crippen molar-refractivity contribution in [3.8, 4) is 0 Å². The third kappa shape index (κ3) is 3.25. The van der Waals surface area contributed by atoms with E-state index in [4.69, 9.17) is 0 Å². The van der Waals surface area contributed by atoms with Gasteiger partial charge in [-0.2, -0.15) is 0 Å². The quantitative estimate of drug-likeness (QED) is 0.827. The second-order valence-corrected chi connectivity index (χ2v) is 6.55. The van der Waals surface area contributed by atoms with Crippen molar-refractivity contribution < 1.29 is 0 Å². The normalized spacial score (nSPS) is 33.2. The van der Waals surface area contributed by atoms with Gasteiger partial charge in [0, 0.05) is 31.2 Å². The molecule has 2 atom stereocenters. The Kier molecular flexibility index (Phi) is 5.05. The van der Waals surface area contributed by atoms with Crippen LogP contribution in [0.1, 0.15) is 40.0 Å². The Morgan fingerprint density at radius 1 is 1.22 bits per heavy atom. The summed E-state index contributed by atoms with van der Waals surface area (Å²) in [5.41, 5.74) is 0. The van der Waals surface area contributed by atoms with Gasteiger partial charge in [0.05, 0.1) is 0 Å². The van der Waals surface area contributed by atoms with E-state index in [-0.39, 0.29) is 0 Å². The summed E-state index contributed by atoms with van der Waals surface area (Å²) in [5, 5.41) is 3.75. The van der Waals surface area contributed by atoms with E-state index in [9.17, 15) is 0 Å². The average molecular weight is 253 g/mol. The summed E-state index contributed by atoms with van der Waals surface area (Å²) < 4.78 is 0. The lowest BCUT2D eigenvalue weighted by Crippen LogP contribution is -2.61. The molecule has 3 heteroatoms. The van der Waals surface area contributed by atoms with E-state index in [0.717, 1.165) is 18.0 Å². The first kappa shape index (κ1) is 14.3. The van der Waals surface area contributed by atoms with Crippen molar-refractivity contribution in [3.05, 3.63) is 0 Å². The summed E-state index contributed by atoms with van der Waals surface area (Å²) >= 11 is 0. The number of rotatable bonds is 3. The van der Waals surface area contributed by atoms with Crippen LogP contribution in [0.15, 0.2) is 0 Å². The summed E-state index contributed by atoms with van der Waals surface area (Å²) in [6.45, 7) is 12.0. The van der Waals surface area contributed by atoms with Gasteiger partial charge in [-0.25, -0.2) is 0 Å². The summed E-state index contributed by atoms with van der Waals surface area (Å²) in [6.07, 6.45) is 4.00. The fourth-order valence-electron chi connectivity index (χ4n) is 3.44. The molecule has 0 aromatic carbocycles. The van der Waals surface area contributed by atoms with Crippen molar-refractivity contribution in [2.24, 2.45) is 5.92 Å². The molecule has 18 heavy (non-hydrogen) atoms. The Morgan fingerprint density at radius 2 is 1.89 bits per heavy atom. The molecule has 1 N–H and O–H groups in total. The molecule has 2 unspecified atom stereocenters. The molecule has 0 aliphatic carbocycles. The smallest absolute Gasteiger partial charge is 0.0221 e. The van der Waals surface area contributed by atoms with Crippen molar-refractivity contribution in [2.75, 3.05) is 33.2 Å². The molecule has 2 aliphatic heterocycles. The first-order valence-electron chi connectivity index (χ1n) is 7.79. The van der Waals surface area contributed by atoms with E-state index >= 15 is 0 Å². The van der Waals surface area contributed by atoms with Crippen LogP contribution in [0.4, 0.5) is 0 Å². The van der Waals surface area contributed by atoms with Crippen molar-refractivity contribution in [3.63, 3.8) is 0 Å². The number of piperidine rings is 1. The minimum atomic E-state index is 0.687. The first-order valence-corrected chi connectivity index (χ1v) is 7.79. The Hall–Kier alpha value is -0.120. The van der Waals surface area contributed by atoms with Crippen LogP contribution in [0.5, 0.6) is 0 Å². The molecule has 3 nitrogen and oxygen atoms in total. The highest BCUT2D eigenvalue weighted by Gasteiger charge is 2.33. The molecule has 0 aromatic heterocycles. The minimum Gasteiger partial charge on any atom is -0.311 e. The van der Waals surface area contributed by atoms with Crippen molar-refractivity contribution in [1.82, 2.24) is 15.1 Å². The Labute approximate surface area is 113 Å². The predicted molar refractivity (Wildman–Crippen MR) is 77.9 cm³/mol. The van der Waals surface area contributed by atoms with Crippen molar-refractivity contribution in [1.29, 1.82) is 0 Å². The number of hydrogen-bond donors (Lipinski definition) is 1. The Morgan fingerprint density at radius 3 is 2.44 bits per heavy atom. The number of likely N-dealkylation sites (tertiary alicyclic amines) is 1. The van der Waals surface area contributed by atoms with E-state index in [1.807, 2.05) is 0 Å². The SMILES string of the molecule is CCC1CNC(C(C)C)CN1C1CCN(C)CC1. The molecule has 0 bridgehead atoms. The highest BCUT2D eigenvalue weighted by atomic mass is 15.3. The third-order valence-corrected chi connectivity index (χ3v) is 4.93. The maximum Gasteiger partial charge on any atom is 0.0221 e. The van der Waals surface area contributed by atoms with Crippen LogP contribution in [0.25, 0.3) is 0 Å². The standard InChI is InChI=1S/C15H31N3/c1-5-13-10-16-15(12(2)3)11-18(13)14-6-8-17(4)9-7-14/h12-16H,5-11H2,1-4H3. The van der Waals surface area contributed by atoms with Gasteiger partial charge in [0.15, 0.2) is 0 Å². The summed E-state index contributed by atoms with van der Waals surface area (Å²) in [5.74, 6) is 0.747. The molecule has 106 valence electrons. The van der Waals surface area contributed by atoms with Gasteiger partial charge >= 0.3 is 0 Å². The molecule has 2 fully saturated rings. The fourth-order valence-corrected chi connectivity index (χ4v) is 3.44. The lowest BCUT2D eigenvalue weighted by atomic mass is 9.94. The topological polar surface area (TPSA) is 18.5 Å². The van der Waals surface area contributed by atoms with Gasteiger partial charge in [-0.05, 0) is 45.3 Å². The molecule has 0 spiro atoms. The largest absolute Gasteiger partial charge is 0.311 e. The zero-order chi connectivity index (χ0) is 13.1. The molecule has 0 amide bonds. The van der Waals surface area contributed by atoms with E-state index in [1.54, 1.807) is 0 Å². The lowest BCUT2D eigenvalue weighted by Gasteiger charge is -2.47. The van der Waals surface area contributed by atoms with Gasteiger partial charge in [-0.3, -0.25) is 4.90 Å². The summed E-state index contributed by atoms with van der Waals surface area (Å²) in [4.78, 5) is 5.30. The number of nitrogens with one attached hydrogen (secondary N) is 1. The minimum absolute atomic E-state index is 0.687. The highest BCUT2D eigenvalue weighted by Crippen LogP contribution is 2.23. The zero-order valence-corrected chi connectivity index (χ0v) is 12.7. The van der Waals surface area contributed by atoms with E-state index in [0.29, 0.717) is 6.04 Å². The van der Waals surface area contributed by atoms with Gasteiger partial charge in [-0.1, -0.05) is 20.8 Å². The summed E-state index contributed by atoms with van der Waals surface area (Å²) in [7, 11) is 2.25. The van der Waals surface area contributed by atoms with Crippen LogP contribution in [-0.4, -0.2) is 61.2 Å². The van der Waals surface area contributed by atoms with Crippen LogP contribution in [-0.2, 0) is 0 Å². The zero-order valence-electron chi connectivity index (χ0n) is 12.7. The van der Waals surface area contributed by atoms with Gasteiger partial charge in [0.1, 0.15) is 0 Å². The second-order valence-electron chi connectivity index (χ2n) is 6.55. The molecular formula is C15H31N3. The monoisotopic (exact) mass is 253 g/mol. The number of nitrogens with zero attached hydrogens (tertiary/aromatic N) is 2. The fraction of sp³-hybridized carbons (Fsp3) is 1.00. The third-order valence-electron chi connectivity index (χ3n) is 4.93. The molecule has 2 heterocycles. The maximum atomic E-state index is 3.75. The maximum absolute atomic E-state index is 3.75. The van der Waals surface area contributed by atoms with Crippen molar-refractivity contribution >= 4 is 0 Å². The average Bonchev–Trinajstić information content (AvgIpc) is 2.39. The Balaban J connectivity index is 1.97. The van der Waals surface area contributed by atoms with Gasteiger partial charge in [0.2, 0.25) is 0 Å². The van der Waals surface area contributed by atoms with E-state index < -0.39 is 0 Å². The summed E-state index contributed by atoms with van der Waals surface area (Å²) in [6, 6.07) is 2.27. The van der Waals surface area contributed by atoms with Gasteiger partial charge in [0.25, 0.3) is 0 Å². The van der Waals surface area contributed by atoms with Crippen LogP contribution in [0.2, 0.25) is 0 Å². The predicted octanol–water partition coefficient (Wildman–Crippen LogP) is 1.79. The molecule has 0 aromatic rings. The lowest BCUT2D eigenvalue weighted by molar-refractivity contribution is 0.0373. The van der Waals surface area contributed by atoms with Crippen LogP contribution >= 0.6 is 0 Å². The molecular weight excluding hydrogens is 222 g/mol. The molecule has 2 saturated heterocycles. The first-order chi connectivity index (χ1) is 8.61. The van der Waals surface area contributed by atoms with E-state index in [1.165, 1.54) is 45.4 Å². The molecule has 2 aliphatic rings. The van der Waals surface area contributed by atoms with Crippen LogP contribution in [0.3, 0.4) is 0 Å². The van der Waals surface area contributed by atoms with E-state index in [2.05, 4.69) is 42.9 Å². The molecule has 0 radical (unpaired) electrons. The van der Waals surface area contributed by atoms with Crippen LogP contribution < -0.4 is 5.32 Å². The van der Waals surface area contributed by atoms with Crippen molar-refractivity contribution in [2.45, 2.75) is 58.2 Å². The molecule has 2 rings (SSSR count). The van der Waals surface area contributed by atoms with Gasteiger partial charge < -0.3 is 10.2 Å². The van der Waals surface area contributed by atoms with Crippen LogP contribution in [0, 0.1) is 5.92 Å². The Bertz CT molecular complexity index is 246.